The summed E-state index contributed by atoms with van der Waals surface area (Å²) in [6.45, 7) is 1.70. The lowest BCUT2D eigenvalue weighted by Crippen LogP contribution is -2.24. The first-order chi connectivity index (χ1) is 14.4. The highest BCUT2D eigenvalue weighted by Gasteiger charge is 2.38. The van der Waals surface area contributed by atoms with Gasteiger partial charge in [-0.3, -0.25) is 9.69 Å². The third-order valence-corrected chi connectivity index (χ3v) is 4.84. The topological polar surface area (TPSA) is 74.3 Å². The molecule has 0 N–H and O–H groups in total. The number of carbonyl (C=O) groups is 2. The molecule has 3 rings (SSSR count). The normalized spacial score (nSPS) is 14.9. The molecule has 0 fully saturated rings. The average molecular weight is 409 g/mol. The lowest BCUT2D eigenvalue weighted by atomic mass is 10.0. The fraction of sp³-hybridized carbons (Fsp3) is 0.217. The first-order valence-electron chi connectivity index (χ1n) is 9.17. The van der Waals surface area contributed by atoms with Gasteiger partial charge in [0, 0.05) is 17.3 Å². The zero-order valence-electron chi connectivity index (χ0n) is 17.5. The molecule has 0 aliphatic carbocycles. The highest BCUT2D eigenvalue weighted by atomic mass is 16.5. The van der Waals surface area contributed by atoms with Crippen molar-refractivity contribution < 1.29 is 28.5 Å². The van der Waals surface area contributed by atoms with E-state index in [1.165, 1.54) is 19.1 Å². The average Bonchev–Trinajstić information content (AvgIpc) is 3.02. The van der Waals surface area contributed by atoms with Crippen LogP contribution in [0.4, 0.5) is 5.69 Å². The summed E-state index contributed by atoms with van der Waals surface area (Å²) < 4.78 is 20.9. The van der Waals surface area contributed by atoms with Crippen molar-refractivity contribution in [1.29, 1.82) is 0 Å². The molecule has 0 atom stereocenters. The number of nitrogens with zero attached hydrogens (tertiary/aromatic N) is 1. The van der Waals surface area contributed by atoms with E-state index in [1.54, 1.807) is 69.7 Å². The number of hydrogen-bond donors (Lipinski definition) is 0. The van der Waals surface area contributed by atoms with Gasteiger partial charge in [0.05, 0.1) is 45.3 Å². The van der Waals surface area contributed by atoms with Gasteiger partial charge in [-0.05, 0) is 43.3 Å². The molecular formula is C23H23NO6. The van der Waals surface area contributed by atoms with E-state index in [4.69, 9.17) is 18.9 Å². The van der Waals surface area contributed by atoms with Crippen molar-refractivity contribution in [2.75, 3.05) is 33.3 Å². The highest BCUT2D eigenvalue weighted by Crippen LogP contribution is 2.38. The number of ether oxygens (including phenoxy) is 4. The van der Waals surface area contributed by atoms with Gasteiger partial charge in [0.2, 0.25) is 0 Å². The molecule has 0 saturated heterocycles. The standard InChI is InChI=1S/C23H23NO6/c1-14-21(23(26)30-5)19(12-15-11-18(28-3)9-10-20(15)29-4)22(25)24(14)16-7-6-8-17(13-16)27-2/h6-13H,1-5H3/b19-12-. The minimum atomic E-state index is -0.598. The van der Waals surface area contributed by atoms with Crippen molar-refractivity contribution >= 4 is 23.6 Å². The molecule has 2 aromatic carbocycles. The first kappa shape index (κ1) is 21.0. The quantitative estimate of drug-likeness (QED) is 0.536. The Kier molecular flexibility index (Phi) is 6.11. The van der Waals surface area contributed by atoms with Crippen molar-refractivity contribution in [3.8, 4) is 17.2 Å². The van der Waals surface area contributed by atoms with Crippen LogP contribution in [0, 0.1) is 0 Å². The summed E-state index contributed by atoms with van der Waals surface area (Å²) in [6, 6.07) is 12.3. The lowest BCUT2D eigenvalue weighted by molar-refractivity contribution is -0.136. The summed E-state index contributed by atoms with van der Waals surface area (Å²) >= 11 is 0. The van der Waals surface area contributed by atoms with E-state index in [-0.39, 0.29) is 17.1 Å². The second-order valence-corrected chi connectivity index (χ2v) is 6.46. The highest BCUT2D eigenvalue weighted by molar-refractivity contribution is 6.24. The van der Waals surface area contributed by atoms with Gasteiger partial charge in [0.1, 0.15) is 17.2 Å². The van der Waals surface area contributed by atoms with Gasteiger partial charge in [0.25, 0.3) is 5.91 Å². The second-order valence-electron chi connectivity index (χ2n) is 6.46. The molecule has 1 heterocycles. The fourth-order valence-electron chi connectivity index (χ4n) is 3.35. The van der Waals surface area contributed by atoms with Crippen LogP contribution < -0.4 is 19.1 Å². The minimum absolute atomic E-state index is 0.190. The minimum Gasteiger partial charge on any atom is -0.497 e. The number of allylic oxidation sites excluding steroid dienone is 1. The molecule has 0 unspecified atom stereocenters. The molecule has 30 heavy (non-hydrogen) atoms. The number of benzene rings is 2. The fourth-order valence-corrected chi connectivity index (χ4v) is 3.35. The maximum atomic E-state index is 13.4. The molecule has 0 radical (unpaired) electrons. The Hall–Kier alpha value is -3.74. The van der Waals surface area contributed by atoms with Gasteiger partial charge in [-0.15, -0.1) is 0 Å². The van der Waals surface area contributed by atoms with E-state index < -0.39 is 5.97 Å². The van der Waals surface area contributed by atoms with Crippen molar-refractivity contribution in [2.24, 2.45) is 0 Å². The van der Waals surface area contributed by atoms with Gasteiger partial charge in [-0.25, -0.2) is 4.79 Å². The zero-order valence-corrected chi connectivity index (χ0v) is 17.5. The molecule has 1 amide bonds. The maximum Gasteiger partial charge on any atom is 0.340 e. The Morgan fingerprint density at radius 2 is 1.63 bits per heavy atom. The number of carbonyl (C=O) groups excluding carboxylic acids is 2. The third-order valence-electron chi connectivity index (χ3n) is 4.84. The third kappa shape index (κ3) is 3.74. The van der Waals surface area contributed by atoms with Gasteiger partial charge in [-0.1, -0.05) is 6.07 Å². The molecule has 0 aromatic heterocycles. The molecule has 1 aliphatic rings. The van der Waals surface area contributed by atoms with E-state index in [9.17, 15) is 9.59 Å². The van der Waals surface area contributed by atoms with Crippen LogP contribution in [0.1, 0.15) is 12.5 Å². The molecular weight excluding hydrogens is 386 g/mol. The van der Waals surface area contributed by atoms with Crippen LogP contribution in [0.3, 0.4) is 0 Å². The number of esters is 1. The maximum absolute atomic E-state index is 13.4. The Morgan fingerprint density at radius 3 is 2.27 bits per heavy atom. The monoisotopic (exact) mass is 409 g/mol. The molecule has 1 aliphatic heterocycles. The Morgan fingerprint density at radius 1 is 0.933 bits per heavy atom. The largest absolute Gasteiger partial charge is 0.497 e. The second kappa shape index (κ2) is 8.73. The number of anilines is 1. The van der Waals surface area contributed by atoms with Crippen molar-refractivity contribution in [1.82, 2.24) is 0 Å². The number of methoxy groups -OCH3 is 4. The number of rotatable bonds is 6. The molecule has 2 aromatic rings. The summed E-state index contributed by atoms with van der Waals surface area (Å²) in [5, 5.41) is 0. The summed E-state index contributed by atoms with van der Waals surface area (Å²) in [7, 11) is 5.91. The Labute approximate surface area is 175 Å². The van der Waals surface area contributed by atoms with E-state index in [0.717, 1.165) is 0 Å². The van der Waals surface area contributed by atoms with Gasteiger partial charge < -0.3 is 18.9 Å². The summed E-state index contributed by atoms with van der Waals surface area (Å²) in [5.74, 6) is 0.779. The Balaban J connectivity index is 2.18. The van der Waals surface area contributed by atoms with Crippen LogP contribution in [0.5, 0.6) is 17.2 Å². The van der Waals surface area contributed by atoms with Gasteiger partial charge >= 0.3 is 5.97 Å². The predicted molar refractivity (Wildman–Crippen MR) is 113 cm³/mol. The molecule has 7 nitrogen and oxygen atoms in total. The van der Waals surface area contributed by atoms with Crippen LogP contribution in [0.2, 0.25) is 0 Å². The predicted octanol–water partition coefficient (Wildman–Crippen LogP) is 3.59. The van der Waals surface area contributed by atoms with Crippen molar-refractivity contribution in [2.45, 2.75) is 6.92 Å². The lowest BCUT2D eigenvalue weighted by Gasteiger charge is -2.18. The summed E-state index contributed by atoms with van der Waals surface area (Å²) in [5.41, 5.74) is 2.04. The molecule has 0 spiro atoms. The Bertz CT molecular complexity index is 1050. The molecule has 7 heteroatoms. The summed E-state index contributed by atoms with van der Waals surface area (Å²) in [4.78, 5) is 27.4. The first-order valence-corrected chi connectivity index (χ1v) is 9.17. The van der Waals surface area contributed by atoms with E-state index in [2.05, 4.69) is 0 Å². The van der Waals surface area contributed by atoms with E-state index in [0.29, 0.717) is 34.2 Å². The van der Waals surface area contributed by atoms with Crippen LogP contribution in [0.15, 0.2) is 59.3 Å². The molecule has 0 bridgehead atoms. The summed E-state index contributed by atoms with van der Waals surface area (Å²) in [6.07, 6.45) is 1.61. The van der Waals surface area contributed by atoms with E-state index >= 15 is 0 Å². The smallest absolute Gasteiger partial charge is 0.340 e. The van der Waals surface area contributed by atoms with Crippen molar-refractivity contribution in [3.63, 3.8) is 0 Å². The molecule has 156 valence electrons. The van der Waals surface area contributed by atoms with Gasteiger partial charge in [0.15, 0.2) is 0 Å². The molecule has 0 saturated carbocycles. The SMILES string of the molecule is COC(=O)C1=C(C)N(c2cccc(OC)c2)C(=O)/C1=C\c1cc(OC)ccc1OC. The number of hydrogen-bond acceptors (Lipinski definition) is 6. The van der Waals surface area contributed by atoms with Crippen LogP contribution in [-0.4, -0.2) is 40.3 Å². The van der Waals surface area contributed by atoms with Crippen LogP contribution in [0.25, 0.3) is 6.08 Å². The van der Waals surface area contributed by atoms with Crippen LogP contribution in [-0.2, 0) is 14.3 Å². The van der Waals surface area contributed by atoms with Crippen LogP contribution >= 0.6 is 0 Å². The van der Waals surface area contributed by atoms with Crippen molar-refractivity contribution in [3.05, 3.63) is 64.9 Å². The zero-order chi connectivity index (χ0) is 21.8. The number of amides is 1. The van der Waals surface area contributed by atoms with E-state index in [1.807, 2.05) is 0 Å². The van der Waals surface area contributed by atoms with Gasteiger partial charge in [-0.2, -0.15) is 0 Å².